The number of guanidine groups is 1. The maximum Gasteiger partial charge on any atom is 0.191 e. The molecule has 6 heteroatoms. The quantitative estimate of drug-likeness (QED) is 0.618. The molecule has 1 aliphatic rings. The highest BCUT2D eigenvalue weighted by Crippen LogP contribution is 2.25. The molecular formula is C17H27FN4S. The van der Waals surface area contributed by atoms with Crippen LogP contribution in [-0.4, -0.2) is 44.1 Å². The molecule has 128 valence electrons. The summed E-state index contributed by atoms with van der Waals surface area (Å²) >= 11 is 2.02. The Balaban J connectivity index is 1.94. The Labute approximate surface area is 142 Å². The fraction of sp³-hybridized carbons (Fsp3) is 0.588. The first kappa shape index (κ1) is 17.9. The van der Waals surface area contributed by atoms with Crippen molar-refractivity contribution in [3.05, 3.63) is 29.6 Å². The molecule has 1 aromatic carbocycles. The van der Waals surface area contributed by atoms with Gasteiger partial charge in [0.2, 0.25) is 0 Å². The van der Waals surface area contributed by atoms with Crippen LogP contribution in [0.25, 0.3) is 0 Å². The lowest BCUT2D eigenvalue weighted by Gasteiger charge is -2.15. The van der Waals surface area contributed by atoms with Crippen LogP contribution < -0.4 is 15.5 Å². The lowest BCUT2D eigenvalue weighted by molar-refractivity contribution is 0.623. The van der Waals surface area contributed by atoms with Crippen molar-refractivity contribution in [3.8, 4) is 0 Å². The van der Waals surface area contributed by atoms with Gasteiger partial charge in [-0.2, -0.15) is 11.8 Å². The molecule has 0 aromatic heterocycles. The van der Waals surface area contributed by atoms with Crippen molar-refractivity contribution in [1.82, 2.24) is 10.6 Å². The molecule has 2 rings (SSSR count). The molecule has 0 spiro atoms. The lowest BCUT2D eigenvalue weighted by atomic mass is 10.2. The monoisotopic (exact) mass is 338 g/mol. The molecule has 1 atom stereocenters. The minimum absolute atomic E-state index is 0.206. The van der Waals surface area contributed by atoms with E-state index in [1.54, 1.807) is 17.0 Å². The Morgan fingerprint density at radius 2 is 2.22 bits per heavy atom. The minimum Gasteiger partial charge on any atom is -0.375 e. The third-order valence-electron chi connectivity index (χ3n) is 3.78. The number of rotatable bonds is 6. The zero-order valence-corrected chi connectivity index (χ0v) is 15.0. The van der Waals surface area contributed by atoms with Gasteiger partial charge in [0.15, 0.2) is 5.96 Å². The molecule has 1 heterocycles. The summed E-state index contributed by atoms with van der Waals surface area (Å²) in [5, 5.41) is 7.32. The van der Waals surface area contributed by atoms with E-state index in [-0.39, 0.29) is 5.82 Å². The van der Waals surface area contributed by atoms with Crippen LogP contribution in [0.1, 0.15) is 25.3 Å². The van der Waals surface area contributed by atoms with Crippen LogP contribution in [-0.2, 0) is 6.54 Å². The van der Waals surface area contributed by atoms with E-state index in [1.165, 1.54) is 18.6 Å². The summed E-state index contributed by atoms with van der Waals surface area (Å²) in [4.78, 5) is 6.34. The average Bonchev–Trinajstić information content (AvgIpc) is 3.03. The van der Waals surface area contributed by atoms with Crippen LogP contribution in [0.3, 0.4) is 0 Å². The van der Waals surface area contributed by atoms with E-state index in [9.17, 15) is 4.39 Å². The van der Waals surface area contributed by atoms with Crippen molar-refractivity contribution < 1.29 is 4.39 Å². The zero-order valence-electron chi connectivity index (χ0n) is 14.2. The molecule has 0 aliphatic carbocycles. The summed E-state index contributed by atoms with van der Waals surface area (Å²) in [5.74, 6) is 1.86. The van der Waals surface area contributed by atoms with Gasteiger partial charge in [-0.05, 0) is 43.2 Å². The Bertz CT molecular complexity index is 527. The molecular weight excluding hydrogens is 311 g/mol. The standard InChI is InChI=1S/C17H27FN4S/c1-4-19-17(21-12-14-6-5-9-23-14)20-11-13-7-8-16(22(2)3)15(18)10-13/h7-8,10,14H,4-6,9,11-12H2,1-3H3,(H2,19,20,21). The van der Waals surface area contributed by atoms with E-state index in [0.717, 1.165) is 24.6 Å². The van der Waals surface area contributed by atoms with Crippen molar-refractivity contribution in [2.45, 2.75) is 31.6 Å². The first-order chi connectivity index (χ1) is 11.1. The molecule has 1 aromatic rings. The minimum atomic E-state index is -0.206. The largest absolute Gasteiger partial charge is 0.375 e. The number of benzene rings is 1. The normalized spacial score (nSPS) is 18.1. The van der Waals surface area contributed by atoms with Crippen LogP contribution in [0, 0.1) is 5.82 Å². The molecule has 0 radical (unpaired) electrons. The molecule has 2 N–H and O–H groups in total. The van der Waals surface area contributed by atoms with E-state index in [2.05, 4.69) is 15.6 Å². The molecule has 1 unspecified atom stereocenters. The van der Waals surface area contributed by atoms with Crippen molar-refractivity contribution in [2.24, 2.45) is 4.99 Å². The van der Waals surface area contributed by atoms with Gasteiger partial charge in [0.25, 0.3) is 0 Å². The number of anilines is 1. The predicted molar refractivity (Wildman–Crippen MR) is 99.0 cm³/mol. The zero-order chi connectivity index (χ0) is 16.7. The number of aliphatic imine (C=N–C) groups is 1. The SMILES string of the molecule is CCNC(=NCc1ccc(N(C)C)c(F)c1)NCC1CCCS1. The predicted octanol–water partition coefficient (Wildman–Crippen LogP) is 2.84. The third kappa shape index (κ3) is 5.61. The number of hydrogen-bond acceptors (Lipinski definition) is 3. The van der Waals surface area contributed by atoms with Crippen molar-refractivity contribution in [1.29, 1.82) is 0 Å². The highest BCUT2D eigenvalue weighted by Gasteiger charge is 2.15. The molecule has 1 saturated heterocycles. The molecule has 0 amide bonds. The molecule has 4 nitrogen and oxygen atoms in total. The van der Waals surface area contributed by atoms with Gasteiger partial charge < -0.3 is 15.5 Å². The van der Waals surface area contributed by atoms with Crippen molar-refractivity contribution in [3.63, 3.8) is 0 Å². The van der Waals surface area contributed by atoms with Gasteiger partial charge in [-0.3, -0.25) is 0 Å². The lowest BCUT2D eigenvalue weighted by Crippen LogP contribution is -2.40. The van der Waals surface area contributed by atoms with Crippen LogP contribution in [0.4, 0.5) is 10.1 Å². The first-order valence-corrected chi connectivity index (χ1v) is 9.24. The summed E-state index contributed by atoms with van der Waals surface area (Å²) in [6, 6.07) is 5.29. The Morgan fingerprint density at radius 1 is 1.39 bits per heavy atom. The second kappa shape index (κ2) is 9.01. The first-order valence-electron chi connectivity index (χ1n) is 8.19. The van der Waals surface area contributed by atoms with Gasteiger partial charge in [0.1, 0.15) is 5.82 Å². The van der Waals surface area contributed by atoms with E-state index in [1.807, 2.05) is 38.8 Å². The molecule has 0 saturated carbocycles. The van der Waals surface area contributed by atoms with E-state index in [4.69, 9.17) is 0 Å². The Kier molecular flexibility index (Phi) is 7.02. The van der Waals surface area contributed by atoms with Crippen LogP contribution in [0.5, 0.6) is 0 Å². The van der Waals surface area contributed by atoms with Gasteiger partial charge in [0.05, 0.1) is 12.2 Å². The van der Waals surface area contributed by atoms with Crippen molar-refractivity contribution >= 4 is 23.4 Å². The third-order valence-corrected chi connectivity index (χ3v) is 5.18. The number of hydrogen-bond donors (Lipinski definition) is 2. The van der Waals surface area contributed by atoms with Gasteiger partial charge in [-0.1, -0.05) is 6.07 Å². The van der Waals surface area contributed by atoms with Crippen LogP contribution >= 0.6 is 11.8 Å². The number of halogens is 1. The molecule has 0 bridgehead atoms. The van der Waals surface area contributed by atoms with E-state index in [0.29, 0.717) is 17.5 Å². The van der Waals surface area contributed by atoms with Gasteiger partial charge in [-0.25, -0.2) is 9.38 Å². The Hall–Kier alpha value is -1.43. The molecule has 1 fully saturated rings. The van der Waals surface area contributed by atoms with Crippen LogP contribution in [0.2, 0.25) is 0 Å². The number of nitrogens with one attached hydrogen (secondary N) is 2. The van der Waals surface area contributed by atoms with Gasteiger partial charge >= 0.3 is 0 Å². The van der Waals surface area contributed by atoms with Crippen molar-refractivity contribution in [2.75, 3.05) is 37.8 Å². The fourth-order valence-electron chi connectivity index (χ4n) is 2.54. The average molecular weight is 338 g/mol. The summed E-state index contributed by atoms with van der Waals surface area (Å²) in [6.45, 7) is 4.27. The second-order valence-electron chi connectivity index (χ2n) is 5.89. The summed E-state index contributed by atoms with van der Waals surface area (Å²) in [6.07, 6.45) is 2.58. The molecule has 23 heavy (non-hydrogen) atoms. The highest BCUT2D eigenvalue weighted by molar-refractivity contribution is 8.00. The maximum atomic E-state index is 14.0. The number of thioether (sulfide) groups is 1. The molecule has 1 aliphatic heterocycles. The second-order valence-corrected chi connectivity index (χ2v) is 7.30. The maximum absolute atomic E-state index is 14.0. The Morgan fingerprint density at radius 3 is 2.83 bits per heavy atom. The van der Waals surface area contributed by atoms with E-state index < -0.39 is 0 Å². The van der Waals surface area contributed by atoms with Gasteiger partial charge in [0, 0.05) is 32.4 Å². The summed E-state index contributed by atoms with van der Waals surface area (Å²) in [5.41, 5.74) is 1.47. The topological polar surface area (TPSA) is 39.7 Å². The smallest absolute Gasteiger partial charge is 0.191 e. The van der Waals surface area contributed by atoms with Gasteiger partial charge in [-0.15, -0.1) is 0 Å². The summed E-state index contributed by atoms with van der Waals surface area (Å²) in [7, 11) is 3.68. The van der Waals surface area contributed by atoms with E-state index >= 15 is 0 Å². The highest BCUT2D eigenvalue weighted by atomic mass is 32.2. The van der Waals surface area contributed by atoms with Crippen LogP contribution in [0.15, 0.2) is 23.2 Å². The summed E-state index contributed by atoms with van der Waals surface area (Å²) < 4.78 is 14.0. The fourth-order valence-corrected chi connectivity index (χ4v) is 3.74. The number of nitrogens with zero attached hydrogens (tertiary/aromatic N) is 2.